The van der Waals surface area contributed by atoms with Crippen LogP contribution in [0.1, 0.15) is 31.1 Å². The maximum Gasteiger partial charge on any atom is 0.168 e. The number of hydrogen-bond donors (Lipinski definition) is 0. The number of benzene rings is 1. The van der Waals surface area contributed by atoms with Crippen molar-refractivity contribution in [2.75, 3.05) is 33.3 Å². The molecule has 0 aliphatic rings. The van der Waals surface area contributed by atoms with Crippen LogP contribution >= 0.6 is 0 Å². The predicted molar refractivity (Wildman–Crippen MR) is 98.6 cm³/mol. The van der Waals surface area contributed by atoms with Crippen molar-refractivity contribution in [1.82, 2.24) is 0 Å². The molecule has 2 aromatic rings. The van der Waals surface area contributed by atoms with Gasteiger partial charge in [-0.1, -0.05) is 30.3 Å². The molecule has 1 heterocycles. The van der Waals surface area contributed by atoms with Crippen LogP contribution in [-0.2, 0) is 18.2 Å². The lowest BCUT2D eigenvalue weighted by Crippen LogP contribution is -3.00. The van der Waals surface area contributed by atoms with Crippen molar-refractivity contribution >= 4 is 0 Å². The second-order valence-electron chi connectivity index (χ2n) is 6.82. The van der Waals surface area contributed by atoms with Gasteiger partial charge in [0.2, 0.25) is 0 Å². The lowest BCUT2D eigenvalue weighted by atomic mass is 10.0. The number of aryl methyl sites for hydroxylation is 1. The van der Waals surface area contributed by atoms with Crippen LogP contribution in [0.4, 0.5) is 0 Å². The Kier molecular flexibility index (Phi) is 12.9. The van der Waals surface area contributed by atoms with Crippen molar-refractivity contribution in [3.05, 3.63) is 66.0 Å². The highest BCUT2D eigenvalue weighted by Crippen LogP contribution is 2.22. The van der Waals surface area contributed by atoms with Crippen LogP contribution in [0.25, 0.3) is 0 Å². The van der Waals surface area contributed by atoms with Gasteiger partial charge in [0.1, 0.15) is 13.6 Å². The Hall–Kier alpha value is -0.250. The fourth-order valence-corrected chi connectivity index (χ4v) is 2.78. The second-order valence-corrected chi connectivity index (χ2v) is 6.82. The van der Waals surface area contributed by atoms with Gasteiger partial charge >= 0.3 is 0 Å². The minimum absolute atomic E-state index is 0. The fraction of sp³-hybridized carbons (Fsp3) is 0.476. The van der Waals surface area contributed by atoms with Gasteiger partial charge in [-0.15, -0.1) is 0 Å². The Morgan fingerprint density at radius 1 is 0.962 bits per heavy atom. The van der Waals surface area contributed by atoms with E-state index in [0.717, 1.165) is 37.1 Å². The Morgan fingerprint density at radius 2 is 1.54 bits per heavy atom. The quantitative estimate of drug-likeness (QED) is 0.179. The lowest BCUT2D eigenvalue weighted by Gasteiger charge is -2.32. The highest BCUT2D eigenvalue weighted by Gasteiger charge is 2.19. The summed E-state index contributed by atoms with van der Waals surface area (Å²) in [6, 6.07) is 14.9. The predicted octanol–water partition coefficient (Wildman–Crippen LogP) is -2.69. The minimum Gasteiger partial charge on any atom is -1.00 e. The summed E-state index contributed by atoms with van der Waals surface area (Å²) >= 11 is 0. The zero-order valence-electron chi connectivity index (χ0n) is 16.4. The Morgan fingerprint density at radius 3 is 2.08 bits per heavy atom. The first-order valence-corrected chi connectivity index (χ1v) is 9.00. The van der Waals surface area contributed by atoms with Gasteiger partial charge in [0.05, 0.1) is 32.8 Å². The smallest absolute Gasteiger partial charge is 0.168 e. The third kappa shape index (κ3) is 8.19. The molecule has 0 radical (unpaired) electrons. The third-order valence-corrected chi connectivity index (χ3v) is 5.12. The summed E-state index contributed by atoms with van der Waals surface area (Å²) in [7, 11) is 4.35. The van der Waals surface area contributed by atoms with Crippen LogP contribution in [0.5, 0.6) is 0 Å². The van der Waals surface area contributed by atoms with Gasteiger partial charge in [-0.25, -0.2) is 4.57 Å². The summed E-state index contributed by atoms with van der Waals surface area (Å²) in [5.41, 5.74) is 2.57. The summed E-state index contributed by atoms with van der Waals surface area (Å²) in [4.78, 5) is 0. The average Bonchev–Trinajstić information content (AvgIpc) is 2.62. The summed E-state index contributed by atoms with van der Waals surface area (Å²) in [5, 5.41) is 0. The van der Waals surface area contributed by atoms with Gasteiger partial charge in [-0.05, 0) is 25.0 Å². The molecule has 0 fully saturated rings. The molecular weight excluding hydrogens is 550 g/mol. The first-order valence-electron chi connectivity index (χ1n) is 9.00. The summed E-state index contributed by atoms with van der Waals surface area (Å²) in [6.07, 6.45) is 5.20. The number of rotatable bonds is 9. The topological polar surface area (TPSA) is 13.1 Å². The van der Waals surface area contributed by atoms with Gasteiger partial charge in [0, 0.05) is 18.6 Å². The maximum absolute atomic E-state index is 6.35. The number of halogens is 2. The first kappa shape index (κ1) is 25.8. The van der Waals surface area contributed by atoms with Crippen molar-refractivity contribution in [3.8, 4) is 0 Å². The number of ether oxygens (including phenoxy) is 1. The molecule has 1 unspecified atom stereocenters. The van der Waals surface area contributed by atoms with Gasteiger partial charge in [0.15, 0.2) is 12.4 Å². The molecule has 146 valence electrons. The van der Waals surface area contributed by atoms with Crippen LogP contribution in [-0.4, -0.2) is 37.8 Å². The van der Waals surface area contributed by atoms with Crippen LogP contribution in [0, 0.1) is 0 Å². The molecule has 0 amide bonds. The van der Waals surface area contributed by atoms with Crippen molar-refractivity contribution in [2.45, 2.75) is 26.4 Å². The molecule has 0 saturated carbocycles. The van der Waals surface area contributed by atoms with E-state index in [-0.39, 0.29) is 54.1 Å². The van der Waals surface area contributed by atoms with Gasteiger partial charge in [-0.2, -0.15) is 0 Å². The van der Waals surface area contributed by atoms with Gasteiger partial charge in [-0.3, -0.25) is 0 Å². The number of aromatic nitrogens is 1. The standard InChI is InChI=1S/C21H32N2O.2HI/c1-5-23(4,6-2)16-17-24-21(18-19-10-8-7-9-11-19)20-12-14-22(3)15-13-20;;/h7-15,21H,5-6,16-18H2,1-4H3;2*1H/q+2;;/p-2. The number of hydrogen-bond acceptors (Lipinski definition) is 1. The van der Waals surface area contributed by atoms with E-state index in [1.807, 2.05) is 7.05 Å². The number of likely N-dealkylation sites (N-methyl/N-ethyl adjacent to an activating group) is 1. The number of pyridine rings is 1. The maximum atomic E-state index is 6.35. The molecule has 1 aromatic heterocycles. The average molecular weight is 582 g/mol. The van der Waals surface area contributed by atoms with Crippen molar-refractivity contribution in [2.24, 2.45) is 7.05 Å². The molecule has 1 atom stereocenters. The zero-order valence-corrected chi connectivity index (χ0v) is 20.7. The molecule has 0 saturated heterocycles. The molecule has 5 heteroatoms. The van der Waals surface area contributed by atoms with E-state index in [2.05, 4.69) is 80.3 Å². The highest BCUT2D eigenvalue weighted by molar-refractivity contribution is 5.20. The Balaban J connectivity index is 0.00000312. The molecule has 0 aliphatic carbocycles. The molecule has 26 heavy (non-hydrogen) atoms. The molecular formula is C21H32I2N2O. The molecule has 0 N–H and O–H groups in total. The van der Waals surface area contributed by atoms with Crippen LogP contribution in [0.2, 0.25) is 0 Å². The van der Waals surface area contributed by atoms with E-state index in [0.29, 0.717) is 0 Å². The molecule has 2 rings (SSSR count). The molecule has 0 aliphatic heterocycles. The van der Waals surface area contributed by atoms with E-state index < -0.39 is 0 Å². The zero-order chi connectivity index (χ0) is 17.4. The first-order chi connectivity index (χ1) is 11.6. The van der Waals surface area contributed by atoms with Crippen molar-refractivity contribution < 1.29 is 61.7 Å². The summed E-state index contributed by atoms with van der Waals surface area (Å²) < 4.78 is 9.46. The fourth-order valence-electron chi connectivity index (χ4n) is 2.78. The SMILES string of the molecule is CC[N+](C)(CC)CCOC(Cc1ccccc1)c1cc[n+](C)cc1.[I-].[I-]. The van der Waals surface area contributed by atoms with E-state index in [4.69, 9.17) is 4.74 Å². The van der Waals surface area contributed by atoms with Crippen LogP contribution in [0.3, 0.4) is 0 Å². The normalized spacial score (nSPS) is 12.0. The molecule has 1 aromatic carbocycles. The lowest BCUT2D eigenvalue weighted by molar-refractivity contribution is -0.906. The van der Waals surface area contributed by atoms with E-state index >= 15 is 0 Å². The molecule has 0 spiro atoms. The monoisotopic (exact) mass is 582 g/mol. The van der Waals surface area contributed by atoms with E-state index in [1.165, 1.54) is 11.1 Å². The van der Waals surface area contributed by atoms with Crippen LogP contribution in [0.15, 0.2) is 54.9 Å². The highest BCUT2D eigenvalue weighted by atomic mass is 127. The molecule has 0 bridgehead atoms. The Labute approximate surface area is 193 Å². The number of nitrogens with zero attached hydrogens (tertiary/aromatic N) is 2. The second kappa shape index (κ2) is 13.0. The molecule has 3 nitrogen and oxygen atoms in total. The number of quaternary nitrogens is 1. The summed E-state index contributed by atoms with van der Waals surface area (Å²) in [5.74, 6) is 0. The van der Waals surface area contributed by atoms with Gasteiger partial charge < -0.3 is 57.2 Å². The largest absolute Gasteiger partial charge is 1.00 e. The van der Waals surface area contributed by atoms with Gasteiger partial charge in [0.25, 0.3) is 0 Å². The van der Waals surface area contributed by atoms with E-state index in [9.17, 15) is 0 Å². The summed E-state index contributed by atoms with van der Waals surface area (Å²) in [6.45, 7) is 8.63. The van der Waals surface area contributed by atoms with Crippen molar-refractivity contribution in [3.63, 3.8) is 0 Å². The van der Waals surface area contributed by atoms with E-state index in [1.54, 1.807) is 0 Å². The third-order valence-electron chi connectivity index (χ3n) is 5.12. The Bertz CT molecular complexity index is 601. The van der Waals surface area contributed by atoms with Crippen molar-refractivity contribution in [1.29, 1.82) is 0 Å². The van der Waals surface area contributed by atoms with Crippen LogP contribution < -0.4 is 52.5 Å². The minimum atomic E-state index is 0.